The monoisotopic (exact) mass is 336 g/mol. The van der Waals surface area contributed by atoms with Gasteiger partial charge in [-0.1, -0.05) is 54.6 Å². The quantitative estimate of drug-likeness (QED) is 0.877. The molecule has 0 spiro atoms. The maximum Gasteiger partial charge on any atom is 0.222 e. The molecule has 25 heavy (non-hydrogen) atoms. The molecule has 0 aliphatic carbocycles. The highest BCUT2D eigenvalue weighted by molar-refractivity contribution is 5.76. The molecule has 0 aromatic heterocycles. The maximum absolute atomic E-state index is 12.5. The lowest BCUT2D eigenvalue weighted by Gasteiger charge is -2.32. The van der Waals surface area contributed by atoms with Gasteiger partial charge >= 0.3 is 0 Å². The van der Waals surface area contributed by atoms with Crippen molar-refractivity contribution < 1.29 is 4.79 Å². The molecule has 1 heterocycles. The summed E-state index contributed by atoms with van der Waals surface area (Å²) in [6, 6.07) is 18.9. The molecular formula is C22H28N2O. The molecule has 3 nitrogen and oxygen atoms in total. The number of carbonyl (C=O) groups excluding carboxylic acids is 1. The predicted molar refractivity (Wildman–Crippen MR) is 102 cm³/mol. The summed E-state index contributed by atoms with van der Waals surface area (Å²) in [6.45, 7) is 2.36. The number of amides is 1. The molecule has 0 radical (unpaired) electrons. The Morgan fingerprint density at radius 1 is 0.960 bits per heavy atom. The van der Waals surface area contributed by atoms with Gasteiger partial charge in [-0.2, -0.15) is 0 Å². The SMILES string of the molecule is NCc1cccc(CCC(=O)N2CCC(Cc3ccccc3)CC2)c1. The number of rotatable bonds is 6. The van der Waals surface area contributed by atoms with E-state index in [1.54, 1.807) is 0 Å². The first-order valence-electron chi connectivity index (χ1n) is 9.34. The minimum Gasteiger partial charge on any atom is -0.343 e. The number of piperidine rings is 1. The normalized spacial score (nSPS) is 15.3. The third kappa shape index (κ3) is 5.17. The number of nitrogens with zero attached hydrogens (tertiary/aromatic N) is 1. The zero-order valence-electron chi connectivity index (χ0n) is 14.9. The van der Waals surface area contributed by atoms with Crippen molar-refractivity contribution in [3.63, 3.8) is 0 Å². The van der Waals surface area contributed by atoms with Gasteiger partial charge in [-0.05, 0) is 48.3 Å². The Morgan fingerprint density at radius 2 is 1.64 bits per heavy atom. The van der Waals surface area contributed by atoms with Gasteiger partial charge in [-0.3, -0.25) is 4.79 Å². The van der Waals surface area contributed by atoms with Crippen LogP contribution in [0, 0.1) is 5.92 Å². The molecule has 1 fully saturated rings. The highest BCUT2D eigenvalue weighted by Crippen LogP contribution is 2.22. The molecule has 0 unspecified atom stereocenters. The molecule has 0 bridgehead atoms. The van der Waals surface area contributed by atoms with Crippen molar-refractivity contribution in [3.05, 3.63) is 71.3 Å². The third-order valence-electron chi connectivity index (χ3n) is 5.19. The van der Waals surface area contributed by atoms with Crippen LogP contribution in [-0.4, -0.2) is 23.9 Å². The van der Waals surface area contributed by atoms with Crippen LogP contribution in [0.2, 0.25) is 0 Å². The van der Waals surface area contributed by atoms with Crippen LogP contribution in [-0.2, 0) is 24.2 Å². The second-order valence-electron chi connectivity index (χ2n) is 7.04. The summed E-state index contributed by atoms with van der Waals surface area (Å²) >= 11 is 0. The Balaban J connectivity index is 1.43. The number of likely N-dealkylation sites (tertiary alicyclic amines) is 1. The number of hydrogen-bond donors (Lipinski definition) is 1. The van der Waals surface area contributed by atoms with E-state index >= 15 is 0 Å². The Labute approximate surface area is 150 Å². The number of hydrogen-bond acceptors (Lipinski definition) is 2. The molecule has 3 rings (SSSR count). The van der Waals surface area contributed by atoms with E-state index in [0.717, 1.165) is 44.3 Å². The Kier molecular flexibility index (Phi) is 6.24. The highest BCUT2D eigenvalue weighted by atomic mass is 16.2. The molecule has 2 aromatic carbocycles. The number of aryl methyl sites for hydroxylation is 1. The Hall–Kier alpha value is -2.13. The minimum absolute atomic E-state index is 0.288. The van der Waals surface area contributed by atoms with E-state index in [1.165, 1.54) is 11.1 Å². The largest absolute Gasteiger partial charge is 0.343 e. The van der Waals surface area contributed by atoms with Gasteiger partial charge in [0.25, 0.3) is 0 Å². The molecule has 0 saturated carbocycles. The molecule has 132 valence electrons. The summed E-state index contributed by atoms with van der Waals surface area (Å²) < 4.78 is 0. The van der Waals surface area contributed by atoms with Crippen LogP contribution >= 0.6 is 0 Å². The van der Waals surface area contributed by atoms with Crippen molar-refractivity contribution in [2.45, 2.75) is 38.6 Å². The van der Waals surface area contributed by atoms with Gasteiger partial charge in [0.1, 0.15) is 0 Å². The predicted octanol–water partition coefficient (Wildman–Crippen LogP) is 3.56. The first kappa shape index (κ1) is 17.7. The zero-order valence-corrected chi connectivity index (χ0v) is 14.9. The Bertz CT molecular complexity index is 675. The molecule has 0 atom stereocenters. The number of nitrogens with two attached hydrogens (primary N) is 1. The minimum atomic E-state index is 0.288. The average molecular weight is 336 g/mol. The van der Waals surface area contributed by atoms with Crippen molar-refractivity contribution in [2.24, 2.45) is 11.7 Å². The standard InChI is InChI=1S/C22H28N2O/c23-17-21-8-4-7-19(16-21)9-10-22(25)24-13-11-20(12-14-24)15-18-5-2-1-3-6-18/h1-8,16,20H,9-15,17,23H2. The smallest absolute Gasteiger partial charge is 0.222 e. The van der Waals surface area contributed by atoms with Crippen LogP contribution in [0.25, 0.3) is 0 Å². The molecule has 3 heteroatoms. The number of carbonyl (C=O) groups is 1. The average Bonchev–Trinajstić information content (AvgIpc) is 2.67. The van der Waals surface area contributed by atoms with Gasteiger partial charge in [0.15, 0.2) is 0 Å². The maximum atomic E-state index is 12.5. The van der Waals surface area contributed by atoms with Crippen molar-refractivity contribution in [2.75, 3.05) is 13.1 Å². The molecular weight excluding hydrogens is 308 g/mol. The summed E-state index contributed by atoms with van der Waals surface area (Å²) in [4.78, 5) is 14.5. The third-order valence-corrected chi connectivity index (χ3v) is 5.19. The summed E-state index contributed by atoms with van der Waals surface area (Å²) in [7, 11) is 0. The molecule has 2 N–H and O–H groups in total. The summed E-state index contributed by atoms with van der Waals surface area (Å²) in [6.07, 6.45) is 4.76. The van der Waals surface area contributed by atoms with Crippen molar-refractivity contribution in [1.29, 1.82) is 0 Å². The fourth-order valence-electron chi connectivity index (χ4n) is 3.66. The topological polar surface area (TPSA) is 46.3 Å². The van der Waals surface area contributed by atoms with Crippen molar-refractivity contribution in [1.82, 2.24) is 4.90 Å². The van der Waals surface area contributed by atoms with E-state index in [2.05, 4.69) is 42.5 Å². The lowest BCUT2D eigenvalue weighted by atomic mass is 9.90. The van der Waals surface area contributed by atoms with Crippen molar-refractivity contribution in [3.8, 4) is 0 Å². The van der Waals surface area contributed by atoms with Gasteiger partial charge in [-0.25, -0.2) is 0 Å². The van der Waals surface area contributed by atoms with E-state index in [-0.39, 0.29) is 5.91 Å². The van der Waals surface area contributed by atoms with Crippen LogP contribution in [0.3, 0.4) is 0 Å². The van der Waals surface area contributed by atoms with Crippen molar-refractivity contribution >= 4 is 5.91 Å². The lowest BCUT2D eigenvalue weighted by Crippen LogP contribution is -2.39. The van der Waals surface area contributed by atoms with Gasteiger partial charge in [0.05, 0.1) is 0 Å². The van der Waals surface area contributed by atoms with E-state index in [1.807, 2.05) is 17.0 Å². The van der Waals surface area contributed by atoms with Gasteiger partial charge in [0.2, 0.25) is 5.91 Å². The zero-order chi connectivity index (χ0) is 17.5. The van der Waals surface area contributed by atoms with Crippen LogP contribution in [0.4, 0.5) is 0 Å². The lowest BCUT2D eigenvalue weighted by molar-refractivity contribution is -0.132. The van der Waals surface area contributed by atoms with Gasteiger partial charge in [-0.15, -0.1) is 0 Å². The second kappa shape index (κ2) is 8.82. The first-order chi connectivity index (χ1) is 12.2. The first-order valence-corrected chi connectivity index (χ1v) is 9.34. The molecule has 1 saturated heterocycles. The van der Waals surface area contributed by atoms with Crippen LogP contribution in [0.1, 0.15) is 36.0 Å². The fourth-order valence-corrected chi connectivity index (χ4v) is 3.66. The fraction of sp³-hybridized carbons (Fsp3) is 0.409. The summed E-state index contributed by atoms with van der Waals surface area (Å²) in [5.41, 5.74) is 9.43. The summed E-state index contributed by atoms with van der Waals surface area (Å²) in [5, 5.41) is 0. The second-order valence-corrected chi connectivity index (χ2v) is 7.04. The molecule has 1 amide bonds. The van der Waals surface area contributed by atoms with Crippen LogP contribution in [0.15, 0.2) is 54.6 Å². The highest BCUT2D eigenvalue weighted by Gasteiger charge is 2.22. The molecule has 2 aromatic rings. The Morgan fingerprint density at radius 3 is 2.36 bits per heavy atom. The molecule has 1 aliphatic rings. The summed E-state index contributed by atoms with van der Waals surface area (Å²) in [5.74, 6) is 0.990. The van der Waals surface area contributed by atoms with E-state index < -0.39 is 0 Å². The van der Waals surface area contributed by atoms with E-state index in [9.17, 15) is 4.79 Å². The molecule has 1 aliphatic heterocycles. The number of benzene rings is 2. The van der Waals surface area contributed by atoms with Gasteiger partial charge in [0, 0.05) is 26.1 Å². The van der Waals surface area contributed by atoms with E-state index in [0.29, 0.717) is 18.9 Å². The van der Waals surface area contributed by atoms with E-state index in [4.69, 9.17) is 5.73 Å². The van der Waals surface area contributed by atoms with Crippen LogP contribution < -0.4 is 5.73 Å². The van der Waals surface area contributed by atoms with Crippen LogP contribution in [0.5, 0.6) is 0 Å². The van der Waals surface area contributed by atoms with Gasteiger partial charge < -0.3 is 10.6 Å².